The number of aliphatic hydroxyl groups is 6. The van der Waals surface area contributed by atoms with Crippen LogP contribution in [0.1, 0.15) is 34.0 Å². The highest BCUT2D eigenvalue weighted by molar-refractivity contribution is 6.02. The highest BCUT2D eigenvalue weighted by Gasteiger charge is 2.51. The standard InChI is InChI=1S/C36H38O16/c1-46-25-11-19(8-9-23(25)51-35-33(44)36(45,17-48-35)16-47-28(40)10-7-18-5-3-2-4-6-18)24-14-22(39)29-21(38)12-20(13-26(29)50-24)49-34-32(43)31(42)30(41)27(15-37)52-34/h2-13,24,27,30-35,37-38,41-45H,14-17H2,1H3/t24-,27+,30+,31-,32+,33-,34+,35-,36+/m0/s1. The van der Waals surface area contributed by atoms with Crippen molar-refractivity contribution in [3.8, 4) is 28.7 Å². The SMILES string of the molecule is COc1cc([C@@H]2CC(=O)c3c(O)cc(O[C@@H]4O[C@H](CO)[C@@H](O)[C@H](O)[C@H]4O)cc3O2)ccc1O[C@@H]1OC[C@](O)(COC(=O)C=Cc2ccccc2)[C@H]1O. The van der Waals surface area contributed by atoms with Crippen LogP contribution >= 0.6 is 0 Å². The molecule has 9 atom stereocenters. The predicted molar refractivity (Wildman–Crippen MR) is 176 cm³/mol. The van der Waals surface area contributed by atoms with Gasteiger partial charge in [0.05, 0.1) is 26.7 Å². The summed E-state index contributed by atoms with van der Waals surface area (Å²) in [6.45, 7) is -1.64. The Bertz CT molecular complexity index is 1780. The number of Topliss-reactive ketones (excluding diaryl/α,β-unsaturated/α-hetero) is 1. The van der Waals surface area contributed by atoms with Crippen molar-refractivity contribution in [1.82, 2.24) is 0 Å². The lowest BCUT2D eigenvalue weighted by Gasteiger charge is -2.39. The summed E-state index contributed by atoms with van der Waals surface area (Å²) in [6.07, 6.45) is -9.08. The van der Waals surface area contributed by atoms with Gasteiger partial charge in [0.1, 0.15) is 59.9 Å². The van der Waals surface area contributed by atoms with Gasteiger partial charge >= 0.3 is 5.97 Å². The molecule has 7 N–H and O–H groups in total. The van der Waals surface area contributed by atoms with E-state index in [1.54, 1.807) is 24.3 Å². The highest BCUT2D eigenvalue weighted by Crippen LogP contribution is 2.44. The molecule has 3 aromatic carbocycles. The Hall–Kier alpha value is -4.78. The number of carbonyl (C=O) groups is 2. The van der Waals surface area contributed by atoms with Gasteiger partial charge in [0.15, 0.2) is 29.0 Å². The number of methoxy groups -OCH3 is 1. The maximum Gasteiger partial charge on any atom is 0.330 e. The number of fused-ring (bicyclic) bond motifs is 1. The fraction of sp³-hybridized carbons (Fsp3) is 0.389. The molecule has 0 radical (unpaired) electrons. The van der Waals surface area contributed by atoms with Gasteiger partial charge in [-0.05, 0) is 29.3 Å². The van der Waals surface area contributed by atoms with Gasteiger partial charge in [0.25, 0.3) is 0 Å². The highest BCUT2D eigenvalue weighted by atomic mass is 16.7. The smallest absolute Gasteiger partial charge is 0.330 e. The minimum absolute atomic E-state index is 0.0573. The molecular formula is C36H38O16. The van der Waals surface area contributed by atoms with Crippen LogP contribution in [0.3, 0.4) is 0 Å². The molecule has 0 saturated carbocycles. The second kappa shape index (κ2) is 15.4. The second-order valence-electron chi connectivity index (χ2n) is 12.5. The average molecular weight is 727 g/mol. The van der Waals surface area contributed by atoms with Crippen molar-refractivity contribution in [2.45, 2.75) is 61.2 Å². The number of rotatable bonds is 11. The van der Waals surface area contributed by atoms with Crippen molar-refractivity contribution in [2.75, 3.05) is 26.9 Å². The lowest BCUT2D eigenvalue weighted by Crippen LogP contribution is -2.60. The van der Waals surface area contributed by atoms with Crippen molar-refractivity contribution in [1.29, 1.82) is 0 Å². The van der Waals surface area contributed by atoms with Gasteiger partial charge in [-0.25, -0.2) is 4.79 Å². The van der Waals surface area contributed by atoms with Gasteiger partial charge < -0.3 is 68.9 Å². The summed E-state index contributed by atoms with van der Waals surface area (Å²) in [7, 11) is 1.36. The molecule has 16 nitrogen and oxygen atoms in total. The zero-order chi connectivity index (χ0) is 37.2. The van der Waals surface area contributed by atoms with E-state index in [1.165, 1.54) is 31.4 Å². The van der Waals surface area contributed by atoms with E-state index in [9.17, 15) is 45.3 Å². The molecule has 0 bridgehead atoms. The quantitative estimate of drug-likeness (QED) is 0.104. The van der Waals surface area contributed by atoms with E-state index in [0.29, 0.717) is 5.56 Å². The van der Waals surface area contributed by atoms with Crippen LogP contribution in [-0.4, -0.2) is 123 Å². The third kappa shape index (κ3) is 7.69. The molecule has 278 valence electrons. The predicted octanol–water partition coefficient (Wildman–Crippen LogP) is 0.370. The fourth-order valence-electron chi connectivity index (χ4n) is 5.93. The van der Waals surface area contributed by atoms with Crippen LogP contribution in [0, 0.1) is 0 Å². The monoisotopic (exact) mass is 726 g/mol. The first kappa shape index (κ1) is 37.0. The minimum Gasteiger partial charge on any atom is -0.507 e. The molecule has 3 aliphatic heterocycles. The molecule has 0 aliphatic carbocycles. The first-order valence-electron chi connectivity index (χ1n) is 16.2. The Balaban J connectivity index is 1.11. The molecule has 3 heterocycles. The van der Waals surface area contributed by atoms with Gasteiger partial charge in [-0.3, -0.25) is 4.79 Å². The van der Waals surface area contributed by atoms with Gasteiger partial charge in [-0.15, -0.1) is 0 Å². The summed E-state index contributed by atoms with van der Waals surface area (Å²) in [5, 5.41) is 72.4. The number of ketones is 1. The summed E-state index contributed by atoms with van der Waals surface area (Å²) in [6, 6.07) is 16.0. The molecule has 6 rings (SSSR count). The third-order valence-electron chi connectivity index (χ3n) is 8.86. The maximum absolute atomic E-state index is 13.2. The van der Waals surface area contributed by atoms with Gasteiger partial charge in [0.2, 0.25) is 12.6 Å². The molecule has 2 fully saturated rings. The number of aromatic hydroxyl groups is 1. The summed E-state index contributed by atoms with van der Waals surface area (Å²) in [5.74, 6) is -1.56. The Morgan fingerprint density at radius 2 is 1.73 bits per heavy atom. The topological polar surface area (TPSA) is 240 Å². The Labute approximate surface area is 296 Å². The number of hydrogen-bond donors (Lipinski definition) is 7. The number of hydrogen-bond acceptors (Lipinski definition) is 16. The molecule has 16 heteroatoms. The van der Waals surface area contributed by atoms with Crippen LogP contribution in [-0.2, 0) is 19.0 Å². The van der Waals surface area contributed by atoms with E-state index in [0.717, 1.165) is 11.6 Å². The Kier molecular flexibility index (Phi) is 11.0. The lowest BCUT2D eigenvalue weighted by molar-refractivity contribution is -0.277. The number of aliphatic hydroxyl groups excluding tert-OH is 5. The van der Waals surface area contributed by atoms with Gasteiger partial charge in [-0.1, -0.05) is 36.4 Å². The van der Waals surface area contributed by atoms with Crippen molar-refractivity contribution in [2.24, 2.45) is 0 Å². The van der Waals surface area contributed by atoms with Crippen LogP contribution in [0.2, 0.25) is 0 Å². The first-order valence-corrected chi connectivity index (χ1v) is 16.2. The second-order valence-corrected chi connectivity index (χ2v) is 12.5. The number of phenols is 1. The largest absolute Gasteiger partial charge is 0.507 e. The Morgan fingerprint density at radius 3 is 2.46 bits per heavy atom. The first-order chi connectivity index (χ1) is 24.9. The van der Waals surface area contributed by atoms with E-state index < -0.39 is 92.1 Å². The normalized spacial score (nSPS) is 30.0. The molecular weight excluding hydrogens is 688 g/mol. The van der Waals surface area contributed by atoms with Crippen LogP contribution in [0.25, 0.3) is 6.08 Å². The minimum atomic E-state index is -1.96. The van der Waals surface area contributed by atoms with E-state index in [-0.39, 0.29) is 35.0 Å². The van der Waals surface area contributed by atoms with Crippen LogP contribution in [0.4, 0.5) is 0 Å². The van der Waals surface area contributed by atoms with Gasteiger partial charge in [0, 0.05) is 18.2 Å². The van der Waals surface area contributed by atoms with Crippen molar-refractivity contribution in [3.63, 3.8) is 0 Å². The number of benzene rings is 3. The summed E-state index contributed by atoms with van der Waals surface area (Å²) < 4.78 is 39.0. The molecule has 0 spiro atoms. The molecule has 3 aliphatic rings. The zero-order valence-electron chi connectivity index (χ0n) is 27.7. The van der Waals surface area contributed by atoms with E-state index >= 15 is 0 Å². The summed E-state index contributed by atoms with van der Waals surface area (Å²) >= 11 is 0. The van der Waals surface area contributed by atoms with Crippen LogP contribution < -0.4 is 18.9 Å². The number of ether oxygens (including phenoxy) is 7. The molecule has 2 saturated heterocycles. The van der Waals surface area contributed by atoms with Gasteiger partial charge in [-0.2, -0.15) is 0 Å². The van der Waals surface area contributed by atoms with Crippen molar-refractivity contribution < 1.29 is 78.5 Å². The fourth-order valence-corrected chi connectivity index (χ4v) is 5.93. The summed E-state index contributed by atoms with van der Waals surface area (Å²) in [4.78, 5) is 25.4. The zero-order valence-corrected chi connectivity index (χ0v) is 27.7. The van der Waals surface area contributed by atoms with Crippen molar-refractivity contribution >= 4 is 17.8 Å². The average Bonchev–Trinajstić information content (AvgIpc) is 3.42. The third-order valence-corrected chi connectivity index (χ3v) is 8.86. The number of phenolic OH excluding ortho intramolecular Hbond substituents is 1. The lowest BCUT2D eigenvalue weighted by atomic mass is 9.95. The maximum atomic E-state index is 13.2. The molecule has 0 amide bonds. The van der Waals surface area contributed by atoms with E-state index in [1.807, 2.05) is 18.2 Å². The molecule has 3 aromatic rings. The number of esters is 1. The summed E-state index contributed by atoms with van der Waals surface area (Å²) in [5.41, 5.74) is -0.838. The van der Waals surface area contributed by atoms with Crippen molar-refractivity contribution in [3.05, 3.63) is 83.4 Å². The Morgan fingerprint density at radius 1 is 0.962 bits per heavy atom. The molecule has 52 heavy (non-hydrogen) atoms. The number of carbonyl (C=O) groups excluding carboxylic acids is 2. The van der Waals surface area contributed by atoms with Crippen LogP contribution in [0.15, 0.2) is 66.7 Å². The molecule has 0 unspecified atom stereocenters. The van der Waals surface area contributed by atoms with E-state index in [4.69, 9.17) is 33.2 Å². The van der Waals surface area contributed by atoms with Crippen LogP contribution in [0.5, 0.6) is 28.7 Å². The van der Waals surface area contributed by atoms with E-state index in [2.05, 4.69) is 0 Å². The molecule has 0 aromatic heterocycles.